The third kappa shape index (κ3) is 5.36. The van der Waals surface area contributed by atoms with Crippen LogP contribution in [-0.2, 0) is 0 Å². The van der Waals surface area contributed by atoms with E-state index in [0.717, 1.165) is 10.9 Å². The fourth-order valence-electron chi connectivity index (χ4n) is 0.833. The van der Waals surface area contributed by atoms with Gasteiger partial charge in [-0.15, -0.1) is 0 Å². The Hall–Kier alpha value is -0.300. The van der Waals surface area contributed by atoms with Gasteiger partial charge in [-0.2, -0.15) is 0 Å². The summed E-state index contributed by atoms with van der Waals surface area (Å²) in [7, 11) is 0. The molecular formula is C11H17Br. The maximum Gasteiger partial charge on any atom is 0.0135 e. The summed E-state index contributed by atoms with van der Waals surface area (Å²) >= 11 is 3.44. The van der Waals surface area contributed by atoms with Crippen molar-refractivity contribution < 1.29 is 0 Å². The molecule has 0 heterocycles. The Morgan fingerprint density at radius 3 is 2.25 bits per heavy atom. The Morgan fingerprint density at radius 1 is 1.25 bits per heavy atom. The van der Waals surface area contributed by atoms with Crippen LogP contribution in [0.25, 0.3) is 0 Å². The van der Waals surface area contributed by atoms with Crippen molar-refractivity contribution in [3.63, 3.8) is 0 Å². The molecule has 0 aliphatic carbocycles. The number of halogens is 1. The molecule has 0 unspecified atom stereocenters. The summed E-state index contributed by atoms with van der Waals surface area (Å²) in [6, 6.07) is 0. The Bertz CT molecular complexity index is 219. The third-order valence-electron chi connectivity index (χ3n) is 1.67. The number of hydrogen-bond acceptors (Lipinski definition) is 0. The van der Waals surface area contributed by atoms with Crippen LogP contribution in [-0.4, -0.2) is 0 Å². The molecule has 0 spiro atoms. The molecule has 0 aromatic carbocycles. The number of rotatable bonds is 3. The van der Waals surface area contributed by atoms with Crippen molar-refractivity contribution in [3.05, 3.63) is 33.9 Å². The smallest absolute Gasteiger partial charge is 0.0135 e. The largest absolute Gasteiger partial charge is 0.0734 e. The first-order valence-electron chi connectivity index (χ1n) is 4.27. The lowest BCUT2D eigenvalue weighted by Crippen LogP contribution is -1.75. The molecule has 1 heteroatoms. The minimum Gasteiger partial charge on any atom is -0.0734 e. The number of hydrogen-bond donors (Lipinski definition) is 0. The molecular weight excluding hydrogens is 212 g/mol. The van der Waals surface area contributed by atoms with Gasteiger partial charge < -0.3 is 0 Å². The van der Waals surface area contributed by atoms with E-state index in [1.165, 1.54) is 11.1 Å². The van der Waals surface area contributed by atoms with E-state index in [4.69, 9.17) is 0 Å². The van der Waals surface area contributed by atoms with E-state index in [2.05, 4.69) is 48.9 Å². The minimum absolute atomic E-state index is 1.12. The van der Waals surface area contributed by atoms with Gasteiger partial charge in [-0.3, -0.25) is 0 Å². The third-order valence-corrected chi connectivity index (χ3v) is 2.36. The Labute approximate surface area is 84.2 Å². The van der Waals surface area contributed by atoms with E-state index in [1.54, 1.807) is 0 Å². The van der Waals surface area contributed by atoms with Crippen molar-refractivity contribution in [1.29, 1.82) is 0 Å². The van der Waals surface area contributed by atoms with Crippen LogP contribution in [0.5, 0.6) is 0 Å². The van der Waals surface area contributed by atoms with Crippen molar-refractivity contribution in [2.24, 2.45) is 0 Å². The molecule has 0 radical (unpaired) electrons. The second kappa shape index (κ2) is 6.24. The van der Waals surface area contributed by atoms with E-state index in [0.29, 0.717) is 0 Å². The van der Waals surface area contributed by atoms with Crippen molar-refractivity contribution in [3.8, 4) is 0 Å². The average Bonchev–Trinajstić information content (AvgIpc) is 2.03. The normalized spacial score (nSPS) is 15.2. The van der Waals surface area contributed by atoms with Crippen LogP contribution in [0.4, 0.5) is 0 Å². The van der Waals surface area contributed by atoms with Gasteiger partial charge in [0.05, 0.1) is 0 Å². The van der Waals surface area contributed by atoms with Crippen molar-refractivity contribution in [2.45, 2.75) is 34.1 Å². The van der Waals surface area contributed by atoms with Crippen LogP contribution in [0.15, 0.2) is 33.9 Å². The van der Waals surface area contributed by atoms with E-state index in [1.807, 2.05) is 13.0 Å². The molecule has 0 N–H and O–H groups in total. The first kappa shape index (κ1) is 11.7. The highest BCUT2D eigenvalue weighted by Gasteiger charge is 1.87. The summed E-state index contributed by atoms with van der Waals surface area (Å²) in [5, 5.41) is 0. The first-order valence-corrected chi connectivity index (χ1v) is 5.06. The minimum atomic E-state index is 1.12. The fraction of sp³-hybridized carbons (Fsp3) is 0.455. The first-order chi connectivity index (χ1) is 5.60. The van der Waals surface area contributed by atoms with Crippen molar-refractivity contribution in [2.75, 3.05) is 0 Å². The zero-order valence-electron chi connectivity index (χ0n) is 8.32. The molecule has 0 fully saturated rings. The molecule has 0 rings (SSSR count). The summed E-state index contributed by atoms with van der Waals surface area (Å²) in [5.41, 5.74) is 2.71. The van der Waals surface area contributed by atoms with Gasteiger partial charge in [-0.1, -0.05) is 46.2 Å². The lowest BCUT2D eigenvalue weighted by Gasteiger charge is -1.96. The van der Waals surface area contributed by atoms with Crippen LogP contribution in [0.2, 0.25) is 0 Å². The van der Waals surface area contributed by atoms with Gasteiger partial charge in [0.2, 0.25) is 0 Å². The molecule has 12 heavy (non-hydrogen) atoms. The summed E-state index contributed by atoms with van der Waals surface area (Å²) in [5.74, 6) is 0. The second-order valence-electron chi connectivity index (χ2n) is 2.91. The van der Waals surface area contributed by atoms with Gasteiger partial charge in [0.1, 0.15) is 0 Å². The highest BCUT2D eigenvalue weighted by Crippen LogP contribution is 2.12. The fourth-order valence-corrected chi connectivity index (χ4v) is 1.19. The molecule has 0 aromatic rings. The molecule has 0 aliphatic heterocycles. The van der Waals surface area contributed by atoms with E-state index < -0.39 is 0 Å². The van der Waals surface area contributed by atoms with Crippen LogP contribution in [0, 0.1) is 0 Å². The van der Waals surface area contributed by atoms with Gasteiger partial charge >= 0.3 is 0 Å². The lowest BCUT2D eigenvalue weighted by molar-refractivity contribution is 1.09. The highest BCUT2D eigenvalue weighted by molar-refractivity contribution is 9.11. The van der Waals surface area contributed by atoms with Crippen LogP contribution in [0.3, 0.4) is 0 Å². The average molecular weight is 229 g/mol. The Morgan fingerprint density at radius 2 is 1.83 bits per heavy atom. The van der Waals surface area contributed by atoms with Crippen LogP contribution < -0.4 is 0 Å². The molecule has 0 saturated carbocycles. The molecule has 0 amide bonds. The summed E-state index contributed by atoms with van der Waals surface area (Å²) < 4.78 is 1.14. The maximum atomic E-state index is 3.44. The molecule has 0 bridgehead atoms. The van der Waals surface area contributed by atoms with Crippen molar-refractivity contribution in [1.82, 2.24) is 0 Å². The van der Waals surface area contributed by atoms with E-state index >= 15 is 0 Å². The van der Waals surface area contributed by atoms with E-state index in [9.17, 15) is 0 Å². The molecule has 0 atom stereocenters. The predicted octanol–water partition coefficient (Wildman–Crippen LogP) is 4.59. The van der Waals surface area contributed by atoms with Crippen LogP contribution in [0.1, 0.15) is 34.1 Å². The second-order valence-corrected chi connectivity index (χ2v) is 3.82. The SMILES string of the molecule is C\C=C(Br)/C=C(C)\C=C(/C)CC. The predicted molar refractivity (Wildman–Crippen MR) is 60.5 cm³/mol. The summed E-state index contributed by atoms with van der Waals surface area (Å²) in [6.45, 7) is 8.46. The molecule has 0 aromatic heterocycles. The quantitative estimate of drug-likeness (QED) is 0.621. The van der Waals surface area contributed by atoms with Crippen molar-refractivity contribution >= 4 is 15.9 Å². The van der Waals surface area contributed by atoms with Gasteiger partial charge in [0.15, 0.2) is 0 Å². The Balaban J connectivity index is 4.40. The van der Waals surface area contributed by atoms with Gasteiger partial charge in [-0.25, -0.2) is 0 Å². The van der Waals surface area contributed by atoms with Gasteiger partial charge in [-0.05, 0) is 33.3 Å². The lowest BCUT2D eigenvalue weighted by atomic mass is 10.1. The van der Waals surface area contributed by atoms with Gasteiger partial charge in [0, 0.05) is 4.48 Å². The van der Waals surface area contributed by atoms with E-state index in [-0.39, 0.29) is 0 Å². The molecule has 68 valence electrons. The monoisotopic (exact) mass is 228 g/mol. The Kier molecular flexibility index (Phi) is 6.09. The summed E-state index contributed by atoms with van der Waals surface area (Å²) in [4.78, 5) is 0. The zero-order chi connectivity index (χ0) is 9.56. The molecule has 0 aliphatic rings. The van der Waals surface area contributed by atoms with Gasteiger partial charge in [0.25, 0.3) is 0 Å². The maximum absolute atomic E-state index is 3.44. The standard InChI is InChI=1S/C11H17Br/c1-5-9(3)7-10(4)8-11(12)6-2/h6-8H,5H2,1-4H3/b9-7+,10-8-,11-6+. The van der Waals surface area contributed by atoms with Crippen LogP contribution >= 0.6 is 15.9 Å². The summed E-state index contributed by atoms with van der Waals surface area (Å²) in [6.07, 6.45) is 7.50. The topological polar surface area (TPSA) is 0 Å². The molecule has 0 nitrogen and oxygen atoms in total. The zero-order valence-corrected chi connectivity index (χ0v) is 9.90. The molecule has 0 saturated heterocycles. The highest BCUT2D eigenvalue weighted by atomic mass is 79.9. The number of allylic oxidation sites excluding steroid dienone is 6.